The Morgan fingerprint density at radius 3 is 2.37 bits per heavy atom. The second kappa shape index (κ2) is 15.8. The van der Waals surface area contributed by atoms with Gasteiger partial charge in [-0.05, 0) is 64.8 Å². The molecule has 0 saturated heterocycles. The molecule has 0 aromatic heterocycles. The minimum atomic E-state index is -1.90. The topological polar surface area (TPSA) is 36.4 Å². The first-order chi connectivity index (χ1) is 17.9. The Hall–Kier alpha value is -3.37. The lowest BCUT2D eigenvalue weighted by atomic mass is 9.98. The van der Waals surface area contributed by atoms with E-state index in [0.29, 0.717) is 40.1 Å². The average molecular weight is 542 g/mol. The van der Waals surface area contributed by atoms with E-state index in [0.717, 1.165) is 12.1 Å². The Balaban J connectivity index is 3.07. The maximum atomic E-state index is 15.1. The summed E-state index contributed by atoms with van der Waals surface area (Å²) >= 11 is 0. The molecule has 38 heavy (non-hydrogen) atoms. The summed E-state index contributed by atoms with van der Waals surface area (Å²) in [4.78, 5) is 4.42. The summed E-state index contributed by atoms with van der Waals surface area (Å²) in [6, 6.07) is 4.90. The fourth-order valence-electron chi connectivity index (χ4n) is 3.44. The number of halogens is 3. The lowest BCUT2D eigenvalue weighted by Gasteiger charge is -2.19. The van der Waals surface area contributed by atoms with Gasteiger partial charge in [0.15, 0.2) is 0 Å². The average Bonchev–Trinajstić information content (AvgIpc) is 2.82. The van der Waals surface area contributed by atoms with E-state index < -0.39 is 17.3 Å². The van der Waals surface area contributed by atoms with E-state index in [-0.39, 0.29) is 5.57 Å². The highest BCUT2D eigenvalue weighted by Gasteiger charge is 2.25. The highest BCUT2D eigenvalue weighted by Crippen LogP contribution is 2.28. The van der Waals surface area contributed by atoms with E-state index in [1.807, 2.05) is 32.1 Å². The summed E-state index contributed by atoms with van der Waals surface area (Å²) in [5.74, 6) is -0.604. The fourth-order valence-corrected chi connectivity index (χ4v) is 3.79. The molecule has 204 valence electrons. The van der Waals surface area contributed by atoms with Crippen molar-refractivity contribution in [3.8, 4) is 0 Å². The van der Waals surface area contributed by atoms with E-state index >= 15 is 4.39 Å². The summed E-state index contributed by atoms with van der Waals surface area (Å²) in [5.41, 5.74) is 1.53. The Morgan fingerprint density at radius 1 is 1.18 bits per heavy atom. The summed E-state index contributed by atoms with van der Waals surface area (Å²) in [6.45, 7) is 17.1. The second-order valence-corrected chi connectivity index (χ2v) is 9.57. The number of hydrogen-bond acceptors (Lipinski definition) is 1. The van der Waals surface area contributed by atoms with Crippen LogP contribution >= 0.6 is 8.86 Å². The van der Waals surface area contributed by atoms with E-state index in [1.54, 1.807) is 37.4 Å². The van der Waals surface area contributed by atoms with Gasteiger partial charge >= 0.3 is 0 Å². The Labute approximate surface area is 228 Å². The lowest BCUT2D eigenvalue weighted by Crippen LogP contribution is -2.23. The monoisotopic (exact) mass is 541 g/mol. The third-order valence-corrected chi connectivity index (χ3v) is 5.58. The molecule has 0 spiro atoms. The van der Waals surface area contributed by atoms with Gasteiger partial charge in [0.25, 0.3) is 0 Å². The van der Waals surface area contributed by atoms with Crippen LogP contribution in [0.25, 0.3) is 5.57 Å². The number of allylic oxidation sites excluding steroid dienone is 9. The summed E-state index contributed by atoms with van der Waals surface area (Å²) in [7, 11) is 3.50. The minimum Gasteiger partial charge on any atom is -0.356 e. The molecule has 2 N–H and O–H groups in total. The second-order valence-electron chi connectivity index (χ2n) is 8.97. The maximum Gasteiger partial charge on any atom is 0.133 e. The number of rotatable bonds is 13. The van der Waals surface area contributed by atoms with Gasteiger partial charge in [0.05, 0.1) is 0 Å². The van der Waals surface area contributed by atoms with Crippen molar-refractivity contribution in [2.45, 2.75) is 60.1 Å². The number of hydrogen-bond donors (Lipinski definition) is 2. The molecule has 0 radical (unpaired) electrons. The van der Waals surface area contributed by atoms with E-state index in [9.17, 15) is 8.78 Å². The van der Waals surface area contributed by atoms with Crippen LogP contribution in [0.2, 0.25) is 0 Å². The molecule has 1 rings (SSSR count). The van der Waals surface area contributed by atoms with E-state index in [2.05, 4.69) is 44.6 Å². The summed E-state index contributed by atoms with van der Waals surface area (Å²) in [5, 5.41) is 6.29. The van der Waals surface area contributed by atoms with Crippen LogP contribution in [0.5, 0.6) is 0 Å². The van der Waals surface area contributed by atoms with Crippen LogP contribution in [0.3, 0.4) is 0 Å². The highest BCUT2D eigenvalue weighted by molar-refractivity contribution is 7.20. The molecular weight excluding hydrogens is 502 g/mol. The summed E-state index contributed by atoms with van der Waals surface area (Å²) < 4.78 is 43.2. The molecule has 1 aromatic rings. The van der Waals surface area contributed by atoms with Gasteiger partial charge in [-0.25, -0.2) is 18.2 Å². The zero-order valence-electron chi connectivity index (χ0n) is 23.2. The first-order valence-corrected chi connectivity index (χ1v) is 12.9. The molecule has 0 atom stereocenters. The number of aliphatic imine (C=N–C) groups is 1. The van der Waals surface area contributed by atoms with Crippen LogP contribution in [0.1, 0.15) is 59.1 Å². The Kier molecular flexibility index (Phi) is 13.6. The van der Waals surface area contributed by atoms with Crippen molar-refractivity contribution in [1.82, 2.24) is 10.6 Å². The molecule has 7 heteroatoms. The van der Waals surface area contributed by atoms with Gasteiger partial charge in [0.2, 0.25) is 0 Å². The molecule has 0 aliphatic heterocycles. The van der Waals surface area contributed by atoms with E-state index in [4.69, 9.17) is 0 Å². The van der Waals surface area contributed by atoms with Crippen molar-refractivity contribution < 1.29 is 13.2 Å². The number of amidine groups is 1. The number of alkyl halides is 1. The molecule has 3 nitrogen and oxygen atoms in total. The van der Waals surface area contributed by atoms with Crippen molar-refractivity contribution >= 4 is 25.7 Å². The van der Waals surface area contributed by atoms with Crippen LogP contribution in [-0.2, 0) is 6.42 Å². The highest BCUT2D eigenvalue weighted by atomic mass is 31.0. The van der Waals surface area contributed by atoms with Gasteiger partial charge in [-0.2, -0.15) is 0 Å². The largest absolute Gasteiger partial charge is 0.356 e. The van der Waals surface area contributed by atoms with Crippen LogP contribution in [0.15, 0.2) is 102 Å². The maximum absolute atomic E-state index is 15.1. The number of nitrogens with zero attached hydrogens (tertiary/aromatic N) is 1. The first-order valence-electron chi connectivity index (χ1n) is 12.4. The Bertz CT molecular complexity index is 1210. The van der Waals surface area contributed by atoms with Crippen LogP contribution in [0, 0.1) is 5.82 Å². The third-order valence-electron chi connectivity index (χ3n) is 5.28. The van der Waals surface area contributed by atoms with Gasteiger partial charge < -0.3 is 10.6 Å². The molecule has 0 unspecified atom stereocenters. The molecule has 0 aliphatic carbocycles. The van der Waals surface area contributed by atoms with Crippen molar-refractivity contribution in [3.63, 3.8) is 0 Å². The molecule has 0 amide bonds. The molecule has 0 heterocycles. The summed E-state index contributed by atoms with van der Waals surface area (Å²) in [6.07, 6.45) is 13.3. The molecule has 0 fully saturated rings. The SMILES string of the molecule is C=C/C(=C\N=C(/C)NC(/C=C\C)=C/CC)c1ccc(CC(=P)NC(/C=C(\C(=C)F)C(C)(C)F)=C/C)cc1F. The van der Waals surface area contributed by atoms with Crippen molar-refractivity contribution in [2.75, 3.05) is 0 Å². The Morgan fingerprint density at radius 2 is 1.87 bits per heavy atom. The molecule has 0 bridgehead atoms. The molecule has 1 aromatic carbocycles. The van der Waals surface area contributed by atoms with Crippen molar-refractivity contribution in [2.24, 2.45) is 4.99 Å². The van der Waals surface area contributed by atoms with E-state index in [1.165, 1.54) is 26.0 Å². The first kappa shape index (κ1) is 32.7. The van der Waals surface area contributed by atoms with Crippen molar-refractivity contribution in [1.29, 1.82) is 0 Å². The van der Waals surface area contributed by atoms with Crippen LogP contribution in [-0.4, -0.2) is 16.9 Å². The van der Waals surface area contributed by atoms with Crippen LogP contribution in [0.4, 0.5) is 13.2 Å². The predicted octanol–water partition coefficient (Wildman–Crippen LogP) is 8.70. The van der Waals surface area contributed by atoms with Gasteiger partial charge in [-0.1, -0.05) is 65.4 Å². The zero-order chi connectivity index (χ0) is 28.9. The predicted molar refractivity (Wildman–Crippen MR) is 161 cm³/mol. The van der Waals surface area contributed by atoms with Gasteiger partial charge in [-0.15, -0.1) is 0 Å². The smallest absolute Gasteiger partial charge is 0.133 e. The van der Waals surface area contributed by atoms with Gasteiger partial charge in [0, 0.05) is 46.1 Å². The fraction of sp³-hybridized carbons (Fsp3) is 0.290. The standard InChI is InChI=1S/C31H39F3N3P/c1-9-13-26(14-10-2)36-22(6)35-20-24(11-3)27-16-15-23(17-29(27)33)18-30(38)37-25(12-4)19-28(21(5)32)31(7,8)34/h9,11-17,19-20,37-38H,3,5,10,18H2,1-2,4,6-8H3,(H,35,36)/b13-9-,24-20+,25-12+,26-14+,28-19+. The molecular formula is C31H39F3N3P. The molecule has 0 saturated carbocycles. The normalized spacial score (nSPS) is 14.1. The number of benzene rings is 1. The number of nitrogens with one attached hydrogen (secondary N) is 2. The van der Waals surface area contributed by atoms with Gasteiger partial charge in [0.1, 0.15) is 23.1 Å². The van der Waals surface area contributed by atoms with Crippen molar-refractivity contribution in [3.05, 3.63) is 114 Å². The minimum absolute atomic E-state index is 0.163. The quantitative estimate of drug-likeness (QED) is 0.113. The molecule has 0 aliphatic rings. The lowest BCUT2D eigenvalue weighted by molar-refractivity contribution is 0.264. The van der Waals surface area contributed by atoms with Crippen LogP contribution < -0.4 is 10.6 Å². The zero-order valence-corrected chi connectivity index (χ0v) is 24.2. The third kappa shape index (κ3) is 10.9. The van der Waals surface area contributed by atoms with Gasteiger partial charge in [-0.3, -0.25) is 0 Å².